The third kappa shape index (κ3) is 4.23. The summed E-state index contributed by atoms with van der Waals surface area (Å²) in [5.41, 5.74) is 4.06. The average Bonchev–Trinajstić information content (AvgIpc) is 3.23. The van der Waals surface area contributed by atoms with E-state index in [1.807, 2.05) is 24.3 Å². The van der Waals surface area contributed by atoms with Crippen molar-refractivity contribution in [3.8, 4) is 5.75 Å². The molecule has 1 aliphatic rings. The molecule has 1 N–H and O–H groups in total. The first kappa shape index (κ1) is 22.3. The molecule has 0 fully saturated rings. The molecule has 10 heteroatoms. The number of sulfonamides is 1. The fourth-order valence-electron chi connectivity index (χ4n) is 3.51. The Kier molecular flexibility index (Phi) is 6.23. The number of thiophene rings is 1. The van der Waals surface area contributed by atoms with E-state index in [1.165, 1.54) is 19.6 Å². The number of halogens is 1. The minimum absolute atomic E-state index is 0.0482. The van der Waals surface area contributed by atoms with Crippen molar-refractivity contribution in [1.29, 1.82) is 0 Å². The number of nitrogens with zero attached hydrogens (tertiary/aromatic N) is 1. The van der Waals surface area contributed by atoms with Crippen molar-refractivity contribution >= 4 is 50.3 Å². The van der Waals surface area contributed by atoms with Gasteiger partial charge in [0.05, 0.1) is 19.9 Å². The fraction of sp³-hybridized carbons (Fsp3) is 0.182. The van der Waals surface area contributed by atoms with Crippen molar-refractivity contribution < 1.29 is 22.7 Å². The van der Waals surface area contributed by atoms with Crippen molar-refractivity contribution in [2.45, 2.75) is 10.6 Å². The Balaban J connectivity index is 1.67. The summed E-state index contributed by atoms with van der Waals surface area (Å²) in [6, 6.07) is 12.7. The van der Waals surface area contributed by atoms with Gasteiger partial charge in [0, 0.05) is 33.8 Å². The second-order valence-electron chi connectivity index (χ2n) is 6.93. The van der Waals surface area contributed by atoms with Gasteiger partial charge in [-0.3, -0.25) is 9.71 Å². The van der Waals surface area contributed by atoms with Gasteiger partial charge in [-0.1, -0.05) is 29.8 Å². The normalized spacial score (nSPS) is 13.2. The number of esters is 1. The Hall–Kier alpha value is -2.88. The molecule has 2 aromatic carbocycles. The van der Waals surface area contributed by atoms with Gasteiger partial charge < -0.3 is 9.47 Å². The summed E-state index contributed by atoms with van der Waals surface area (Å²) in [6.45, 7) is 0.626. The van der Waals surface area contributed by atoms with Crippen LogP contribution in [0.1, 0.15) is 27.0 Å². The maximum atomic E-state index is 13.1. The summed E-state index contributed by atoms with van der Waals surface area (Å²) >= 11 is 7.01. The summed E-state index contributed by atoms with van der Waals surface area (Å²) in [4.78, 5) is 16.6. The SMILES string of the molecule is COC(=O)c1csc(S(=O)(=O)Nc2cccc(C3=NCCc4cc(Cl)ccc43)c2)c1OC. The molecule has 0 bridgehead atoms. The molecule has 3 aromatic rings. The maximum Gasteiger partial charge on any atom is 0.342 e. The second kappa shape index (κ2) is 8.93. The van der Waals surface area contributed by atoms with Crippen molar-refractivity contribution in [3.63, 3.8) is 0 Å². The lowest BCUT2D eigenvalue weighted by molar-refractivity contribution is 0.0597. The summed E-state index contributed by atoms with van der Waals surface area (Å²) in [6.07, 6.45) is 0.798. The van der Waals surface area contributed by atoms with E-state index in [0.29, 0.717) is 17.3 Å². The summed E-state index contributed by atoms with van der Waals surface area (Å²) in [7, 11) is -1.49. The van der Waals surface area contributed by atoms with Crippen LogP contribution in [0.25, 0.3) is 0 Å². The lowest BCUT2D eigenvalue weighted by Crippen LogP contribution is -2.16. The van der Waals surface area contributed by atoms with Crippen LogP contribution in [-0.4, -0.2) is 40.9 Å². The van der Waals surface area contributed by atoms with Crippen LogP contribution in [0.5, 0.6) is 5.75 Å². The lowest BCUT2D eigenvalue weighted by Gasteiger charge is -2.18. The molecular formula is C22H19ClN2O5S2. The van der Waals surface area contributed by atoms with Gasteiger partial charge in [0.1, 0.15) is 5.56 Å². The molecule has 0 saturated heterocycles. The number of hydrogen-bond acceptors (Lipinski definition) is 7. The van der Waals surface area contributed by atoms with Crippen molar-refractivity contribution in [3.05, 3.63) is 75.1 Å². The topological polar surface area (TPSA) is 94.1 Å². The largest absolute Gasteiger partial charge is 0.493 e. The molecule has 0 radical (unpaired) electrons. The molecule has 166 valence electrons. The zero-order valence-corrected chi connectivity index (χ0v) is 19.6. The van der Waals surface area contributed by atoms with Gasteiger partial charge in [-0.25, -0.2) is 13.2 Å². The van der Waals surface area contributed by atoms with Gasteiger partial charge in [-0.2, -0.15) is 0 Å². The Morgan fingerprint density at radius 2 is 2.00 bits per heavy atom. The van der Waals surface area contributed by atoms with Crippen LogP contribution in [0.15, 0.2) is 57.0 Å². The first-order chi connectivity index (χ1) is 15.3. The zero-order valence-electron chi connectivity index (χ0n) is 17.2. The predicted octanol–water partition coefficient (Wildman–Crippen LogP) is 4.39. The van der Waals surface area contributed by atoms with Gasteiger partial charge in [-0.05, 0) is 36.2 Å². The highest BCUT2D eigenvalue weighted by molar-refractivity contribution is 7.94. The molecule has 1 aromatic heterocycles. The monoisotopic (exact) mass is 490 g/mol. The number of aliphatic imine (C=N–C) groups is 1. The molecule has 1 aliphatic heterocycles. The molecule has 0 unspecified atom stereocenters. The summed E-state index contributed by atoms with van der Waals surface area (Å²) in [5.74, 6) is -0.719. The van der Waals surface area contributed by atoms with E-state index in [9.17, 15) is 13.2 Å². The number of rotatable bonds is 6. The van der Waals surface area contributed by atoms with Gasteiger partial charge in [0.2, 0.25) is 0 Å². The van der Waals surface area contributed by atoms with Crippen LogP contribution in [0, 0.1) is 0 Å². The minimum Gasteiger partial charge on any atom is -0.493 e. The molecule has 32 heavy (non-hydrogen) atoms. The first-order valence-electron chi connectivity index (χ1n) is 9.54. The van der Waals surface area contributed by atoms with Gasteiger partial charge in [0.25, 0.3) is 10.0 Å². The Morgan fingerprint density at radius 3 is 2.75 bits per heavy atom. The van der Waals surface area contributed by atoms with E-state index in [0.717, 1.165) is 40.2 Å². The molecule has 0 spiro atoms. The number of anilines is 1. The van der Waals surface area contributed by atoms with Crippen LogP contribution >= 0.6 is 22.9 Å². The molecule has 4 rings (SSSR count). The minimum atomic E-state index is -4.01. The van der Waals surface area contributed by atoms with Crippen molar-refractivity contribution in [2.24, 2.45) is 4.99 Å². The molecule has 0 saturated carbocycles. The highest BCUT2D eigenvalue weighted by Gasteiger charge is 2.28. The van der Waals surface area contributed by atoms with E-state index >= 15 is 0 Å². The van der Waals surface area contributed by atoms with Gasteiger partial charge in [-0.15, -0.1) is 11.3 Å². The number of benzene rings is 2. The predicted molar refractivity (Wildman–Crippen MR) is 125 cm³/mol. The average molecular weight is 491 g/mol. The molecule has 0 aliphatic carbocycles. The molecule has 0 atom stereocenters. The fourth-order valence-corrected chi connectivity index (χ4v) is 6.18. The van der Waals surface area contributed by atoms with Crippen molar-refractivity contribution in [2.75, 3.05) is 25.5 Å². The third-order valence-corrected chi connectivity index (χ3v) is 8.04. The van der Waals surface area contributed by atoms with E-state index in [4.69, 9.17) is 21.1 Å². The second-order valence-corrected chi connectivity index (χ2v) is 10.1. The number of methoxy groups -OCH3 is 2. The highest BCUT2D eigenvalue weighted by atomic mass is 35.5. The zero-order chi connectivity index (χ0) is 22.9. The van der Waals surface area contributed by atoms with E-state index < -0.39 is 16.0 Å². The number of carbonyl (C=O) groups excluding carboxylic acids is 1. The number of ether oxygens (including phenoxy) is 2. The molecule has 2 heterocycles. The van der Waals surface area contributed by atoms with Crippen LogP contribution in [0.4, 0.5) is 5.69 Å². The Labute approximate surface area is 194 Å². The smallest absolute Gasteiger partial charge is 0.342 e. The molecule has 0 amide bonds. The molecular weight excluding hydrogens is 472 g/mol. The first-order valence-corrected chi connectivity index (χ1v) is 12.3. The quantitative estimate of drug-likeness (QED) is 0.517. The van der Waals surface area contributed by atoms with Crippen LogP contribution in [0.3, 0.4) is 0 Å². The number of fused-ring (bicyclic) bond motifs is 1. The molecule has 7 nitrogen and oxygen atoms in total. The van der Waals surface area contributed by atoms with Gasteiger partial charge in [0.15, 0.2) is 9.96 Å². The van der Waals surface area contributed by atoms with Crippen molar-refractivity contribution in [1.82, 2.24) is 0 Å². The lowest BCUT2D eigenvalue weighted by atomic mass is 9.93. The van der Waals surface area contributed by atoms with E-state index in [1.54, 1.807) is 18.2 Å². The van der Waals surface area contributed by atoms with Gasteiger partial charge >= 0.3 is 5.97 Å². The summed E-state index contributed by atoms with van der Waals surface area (Å²) < 4.78 is 38.4. The highest BCUT2D eigenvalue weighted by Crippen LogP contribution is 2.36. The third-order valence-electron chi connectivity index (χ3n) is 4.93. The number of carbonyl (C=O) groups is 1. The van der Waals surface area contributed by atoms with E-state index in [2.05, 4.69) is 9.71 Å². The van der Waals surface area contributed by atoms with Crippen LogP contribution in [0.2, 0.25) is 5.02 Å². The maximum absolute atomic E-state index is 13.1. The Bertz CT molecular complexity index is 1330. The number of nitrogens with one attached hydrogen (secondary N) is 1. The van der Waals surface area contributed by atoms with E-state index in [-0.39, 0.29) is 15.5 Å². The summed E-state index contributed by atoms with van der Waals surface area (Å²) in [5, 5.41) is 2.07. The van der Waals surface area contributed by atoms with Crippen LogP contribution < -0.4 is 9.46 Å². The standard InChI is InChI=1S/C22H19ClN2O5S2/c1-29-20-18(21(26)30-2)12-31-22(20)32(27,28)25-16-5-3-4-14(11-16)19-17-7-6-15(23)10-13(17)8-9-24-19/h3-7,10-12,25H,8-9H2,1-2H3. The Morgan fingerprint density at radius 1 is 1.19 bits per heavy atom. The number of hydrogen-bond donors (Lipinski definition) is 1. The van der Waals surface area contributed by atoms with Crippen LogP contribution in [-0.2, 0) is 21.2 Å².